The van der Waals surface area contributed by atoms with Gasteiger partial charge in [0, 0.05) is 24.2 Å². The molecule has 0 spiro atoms. The van der Waals surface area contributed by atoms with Gasteiger partial charge in [0.1, 0.15) is 12.0 Å². The largest absolute Gasteiger partial charge is 0.367 e. The molecule has 1 atom stereocenters. The molecule has 7 nitrogen and oxygen atoms in total. The van der Waals surface area contributed by atoms with Crippen LogP contribution in [0.1, 0.15) is 23.2 Å². The second-order valence-electron chi connectivity index (χ2n) is 5.07. The van der Waals surface area contributed by atoms with Crippen LogP contribution in [0.2, 0.25) is 0 Å². The van der Waals surface area contributed by atoms with Crippen LogP contribution >= 0.6 is 0 Å². The highest BCUT2D eigenvalue weighted by atomic mass is 16.6. The Bertz CT molecular complexity index is 652. The lowest BCUT2D eigenvalue weighted by Crippen LogP contribution is -2.28. The van der Waals surface area contributed by atoms with E-state index in [2.05, 4.69) is 20.5 Å². The second-order valence-corrected chi connectivity index (χ2v) is 5.07. The SMILES string of the molecule is Cc1cc([N+](=O)[O-])cnc1N[C@@H]1CCc2cn[nH]c2C1. The highest BCUT2D eigenvalue weighted by Gasteiger charge is 2.21. The fourth-order valence-corrected chi connectivity index (χ4v) is 2.54. The maximum absolute atomic E-state index is 10.7. The minimum Gasteiger partial charge on any atom is -0.367 e. The third-order valence-corrected chi connectivity index (χ3v) is 3.64. The summed E-state index contributed by atoms with van der Waals surface area (Å²) in [6.45, 7) is 1.83. The minimum atomic E-state index is -0.429. The number of aromatic nitrogens is 3. The van der Waals surface area contributed by atoms with Crippen LogP contribution in [-0.2, 0) is 12.8 Å². The van der Waals surface area contributed by atoms with Gasteiger partial charge in [-0.3, -0.25) is 15.2 Å². The number of aromatic amines is 1. The number of fused-ring (bicyclic) bond motifs is 1. The zero-order valence-corrected chi connectivity index (χ0v) is 11.1. The number of rotatable bonds is 3. The zero-order chi connectivity index (χ0) is 14.1. The number of pyridine rings is 1. The van der Waals surface area contributed by atoms with Crippen molar-refractivity contribution < 1.29 is 4.92 Å². The Morgan fingerprint density at radius 3 is 3.10 bits per heavy atom. The molecular weight excluding hydrogens is 258 g/mol. The van der Waals surface area contributed by atoms with Gasteiger partial charge in [-0.15, -0.1) is 0 Å². The number of H-pyrrole nitrogens is 1. The van der Waals surface area contributed by atoms with Gasteiger partial charge in [0.25, 0.3) is 5.69 Å². The minimum absolute atomic E-state index is 0.0209. The predicted molar refractivity (Wildman–Crippen MR) is 73.7 cm³/mol. The summed E-state index contributed by atoms with van der Waals surface area (Å²) in [6, 6.07) is 1.82. The molecule has 7 heteroatoms. The van der Waals surface area contributed by atoms with Crippen molar-refractivity contribution in [1.82, 2.24) is 15.2 Å². The quantitative estimate of drug-likeness (QED) is 0.658. The van der Waals surface area contributed by atoms with E-state index in [0.29, 0.717) is 5.82 Å². The lowest BCUT2D eigenvalue weighted by molar-refractivity contribution is -0.385. The molecule has 104 valence electrons. The summed E-state index contributed by atoms with van der Waals surface area (Å²) in [6.07, 6.45) is 6.02. The van der Waals surface area contributed by atoms with E-state index in [1.165, 1.54) is 11.8 Å². The molecule has 0 saturated carbocycles. The smallest absolute Gasteiger partial charge is 0.287 e. The average molecular weight is 273 g/mol. The maximum Gasteiger partial charge on any atom is 0.287 e. The molecule has 3 rings (SSSR count). The van der Waals surface area contributed by atoms with Gasteiger partial charge in [0.05, 0.1) is 11.1 Å². The van der Waals surface area contributed by atoms with Crippen LogP contribution in [0, 0.1) is 17.0 Å². The van der Waals surface area contributed by atoms with Crippen molar-refractivity contribution in [2.24, 2.45) is 0 Å². The van der Waals surface area contributed by atoms with E-state index in [9.17, 15) is 10.1 Å². The standard InChI is InChI=1S/C13H15N5O2/c1-8-4-11(18(19)20)7-14-13(8)16-10-3-2-9-6-15-17-12(9)5-10/h4,6-7,10H,2-3,5H2,1H3,(H,14,16)(H,15,17)/t10-/m1/s1. The Balaban J connectivity index is 1.74. The summed E-state index contributed by atoms with van der Waals surface area (Å²) in [5, 5.41) is 21.1. The van der Waals surface area contributed by atoms with Gasteiger partial charge in [0.15, 0.2) is 0 Å². The van der Waals surface area contributed by atoms with Crippen LogP contribution in [0.3, 0.4) is 0 Å². The van der Waals surface area contributed by atoms with E-state index in [1.807, 2.05) is 13.1 Å². The molecule has 2 N–H and O–H groups in total. The topological polar surface area (TPSA) is 96.7 Å². The van der Waals surface area contributed by atoms with Crippen molar-refractivity contribution in [2.75, 3.05) is 5.32 Å². The van der Waals surface area contributed by atoms with E-state index in [0.717, 1.165) is 30.5 Å². The predicted octanol–water partition coefficient (Wildman–Crippen LogP) is 1.99. The number of aryl methyl sites for hydroxylation is 2. The number of nitrogens with zero attached hydrogens (tertiary/aromatic N) is 3. The summed E-state index contributed by atoms with van der Waals surface area (Å²) >= 11 is 0. The molecule has 2 heterocycles. The highest BCUT2D eigenvalue weighted by Crippen LogP contribution is 2.24. The molecule has 2 aromatic heterocycles. The number of nitrogens with one attached hydrogen (secondary N) is 2. The maximum atomic E-state index is 10.7. The Morgan fingerprint density at radius 1 is 1.50 bits per heavy atom. The Hall–Kier alpha value is -2.44. The van der Waals surface area contributed by atoms with Crippen molar-refractivity contribution in [1.29, 1.82) is 0 Å². The van der Waals surface area contributed by atoms with Crippen LogP contribution < -0.4 is 5.32 Å². The molecule has 1 aliphatic carbocycles. The van der Waals surface area contributed by atoms with Gasteiger partial charge in [-0.05, 0) is 30.9 Å². The van der Waals surface area contributed by atoms with Crippen LogP contribution in [0.25, 0.3) is 0 Å². The number of anilines is 1. The van der Waals surface area contributed by atoms with Crippen molar-refractivity contribution in [3.8, 4) is 0 Å². The Labute approximate surface area is 115 Å². The first-order valence-corrected chi connectivity index (χ1v) is 6.52. The highest BCUT2D eigenvalue weighted by molar-refractivity contribution is 5.49. The van der Waals surface area contributed by atoms with Crippen LogP contribution in [0.5, 0.6) is 0 Å². The van der Waals surface area contributed by atoms with Crippen LogP contribution in [0.4, 0.5) is 11.5 Å². The third kappa shape index (κ3) is 2.34. The lowest BCUT2D eigenvalue weighted by atomic mass is 9.93. The van der Waals surface area contributed by atoms with Crippen molar-refractivity contribution in [3.63, 3.8) is 0 Å². The normalized spacial score (nSPS) is 17.6. The molecule has 20 heavy (non-hydrogen) atoms. The number of hydrogen-bond acceptors (Lipinski definition) is 5. The average Bonchev–Trinajstić information content (AvgIpc) is 2.88. The molecule has 0 aliphatic heterocycles. The number of hydrogen-bond donors (Lipinski definition) is 2. The summed E-state index contributed by atoms with van der Waals surface area (Å²) in [5.74, 6) is 0.712. The fraction of sp³-hybridized carbons (Fsp3) is 0.385. The monoisotopic (exact) mass is 273 g/mol. The van der Waals surface area contributed by atoms with Crippen LogP contribution in [-0.4, -0.2) is 26.1 Å². The van der Waals surface area contributed by atoms with Gasteiger partial charge >= 0.3 is 0 Å². The lowest BCUT2D eigenvalue weighted by Gasteiger charge is -2.23. The van der Waals surface area contributed by atoms with Gasteiger partial charge in [-0.2, -0.15) is 5.10 Å². The molecule has 0 saturated heterocycles. The molecule has 0 fully saturated rings. The summed E-state index contributed by atoms with van der Waals surface area (Å²) in [4.78, 5) is 14.4. The van der Waals surface area contributed by atoms with Gasteiger partial charge in [-0.25, -0.2) is 4.98 Å². The van der Waals surface area contributed by atoms with Crippen molar-refractivity contribution in [3.05, 3.63) is 45.4 Å². The molecule has 1 aliphatic rings. The first-order chi connectivity index (χ1) is 9.63. The Kier molecular flexibility index (Phi) is 3.09. The fourth-order valence-electron chi connectivity index (χ4n) is 2.54. The zero-order valence-electron chi connectivity index (χ0n) is 11.1. The molecule has 0 amide bonds. The molecule has 2 aromatic rings. The van der Waals surface area contributed by atoms with Crippen LogP contribution in [0.15, 0.2) is 18.5 Å². The first kappa shape index (κ1) is 12.6. The molecular formula is C13H15N5O2. The van der Waals surface area contributed by atoms with E-state index >= 15 is 0 Å². The van der Waals surface area contributed by atoms with E-state index in [4.69, 9.17) is 0 Å². The Morgan fingerprint density at radius 2 is 2.35 bits per heavy atom. The van der Waals surface area contributed by atoms with E-state index in [1.54, 1.807) is 6.07 Å². The van der Waals surface area contributed by atoms with Gasteiger partial charge in [-0.1, -0.05) is 0 Å². The van der Waals surface area contributed by atoms with Crippen molar-refractivity contribution >= 4 is 11.5 Å². The van der Waals surface area contributed by atoms with Gasteiger partial charge < -0.3 is 5.32 Å². The van der Waals surface area contributed by atoms with E-state index in [-0.39, 0.29) is 11.7 Å². The summed E-state index contributed by atoms with van der Waals surface area (Å²) < 4.78 is 0. The summed E-state index contributed by atoms with van der Waals surface area (Å²) in [7, 11) is 0. The summed E-state index contributed by atoms with van der Waals surface area (Å²) in [5.41, 5.74) is 3.24. The molecule has 0 bridgehead atoms. The third-order valence-electron chi connectivity index (χ3n) is 3.64. The van der Waals surface area contributed by atoms with E-state index < -0.39 is 4.92 Å². The molecule has 0 unspecified atom stereocenters. The second kappa shape index (κ2) is 4.92. The molecule has 0 aromatic carbocycles. The van der Waals surface area contributed by atoms with Gasteiger partial charge in [0.2, 0.25) is 0 Å². The molecule has 0 radical (unpaired) electrons. The number of nitro groups is 1. The van der Waals surface area contributed by atoms with Crippen molar-refractivity contribution in [2.45, 2.75) is 32.2 Å². The first-order valence-electron chi connectivity index (χ1n) is 6.52.